The van der Waals surface area contributed by atoms with Gasteiger partial charge in [-0.25, -0.2) is 0 Å². The van der Waals surface area contributed by atoms with Crippen molar-refractivity contribution >= 4 is 44.0 Å². The van der Waals surface area contributed by atoms with Crippen molar-refractivity contribution in [2.45, 2.75) is 11.8 Å². The summed E-state index contributed by atoms with van der Waals surface area (Å²) in [5.74, 6) is -0.366. The molecule has 0 spiro atoms. The molecule has 21 heavy (non-hydrogen) atoms. The van der Waals surface area contributed by atoms with E-state index in [4.69, 9.17) is 5.73 Å². The number of hydrogen-bond donors (Lipinski definition) is 2. The lowest BCUT2D eigenvalue weighted by Crippen LogP contribution is -2.20. The molecule has 0 fully saturated rings. The molecule has 1 amide bonds. The SMILES string of the molecule is Cc1cc(N)ccc1NC(=O)CS(=O)c1ccc(Br)cc1. The molecule has 2 aromatic rings. The van der Waals surface area contributed by atoms with E-state index in [1.165, 1.54) is 0 Å². The van der Waals surface area contributed by atoms with Gasteiger partial charge in [0.15, 0.2) is 0 Å². The van der Waals surface area contributed by atoms with E-state index in [2.05, 4.69) is 21.2 Å². The average Bonchev–Trinajstić information content (AvgIpc) is 2.42. The molecule has 0 aliphatic rings. The van der Waals surface area contributed by atoms with E-state index >= 15 is 0 Å². The van der Waals surface area contributed by atoms with Gasteiger partial charge in [0.1, 0.15) is 5.75 Å². The fourth-order valence-electron chi connectivity index (χ4n) is 1.80. The van der Waals surface area contributed by atoms with Gasteiger partial charge < -0.3 is 11.1 Å². The van der Waals surface area contributed by atoms with E-state index in [1.54, 1.807) is 42.5 Å². The molecule has 3 N–H and O–H groups in total. The quantitative estimate of drug-likeness (QED) is 0.816. The van der Waals surface area contributed by atoms with E-state index in [0.717, 1.165) is 10.0 Å². The Labute approximate surface area is 134 Å². The monoisotopic (exact) mass is 366 g/mol. The van der Waals surface area contributed by atoms with Crippen LogP contribution in [0.4, 0.5) is 11.4 Å². The van der Waals surface area contributed by atoms with Crippen molar-refractivity contribution in [3.05, 3.63) is 52.5 Å². The molecule has 0 radical (unpaired) electrons. The molecule has 110 valence electrons. The fourth-order valence-corrected chi connectivity index (χ4v) is 2.98. The first kappa shape index (κ1) is 15.7. The molecular weight excluding hydrogens is 352 g/mol. The van der Waals surface area contributed by atoms with Crippen LogP contribution in [0.5, 0.6) is 0 Å². The summed E-state index contributed by atoms with van der Waals surface area (Å²) in [6.45, 7) is 1.86. The second-order valence-corrected chi connectivity index (χ2v) is 6.93. The van der Waals surface area contributed by atoms with Gasteiger partial charge in [0.05, 0.1) is 10.8 Å². The van der Waals surface area contributed by atoms with E-state index in [1.807, 2.05) is 6.92 Å². The van der Waals surface area contributed by atoms with Crippen molar-refractivity contribution in [3.63, 3.8) is 0 Å². The molecule has 0 saturated carbocycles. The first-order chi connectivity index (χ1) is 9.95. The van der Waals surface area contributed by atoms with E-state index in [0.29, 0.717) is 16.3 Å². The lowest BCUT2D eigenvalue weighted by atomic mass is 10.2. The Bertz CT molecular complexity index is 687. The second-order valence-electron chi connectivity index (χ2n) is 4.57. The molecule has 0 saturated heterocycles. The Kier molecular flexibility index (Phi) is 5.14. The highest BCUT2D eigenvalue weighted by atomic mass is 79.9. The summed E-state index contributed by atoms with van der Waals surface area (Å²) in [4.78, 5) is 12.6. The molecule has 0 aliphatic heterocycles. The van der Waals surface area contributed by atoms with Crippen molar-refractivity contribution in [1.82, 2.24) is 0 Å². The van der Waals surface area contributed by atoms with Crippen LogP contribution in [0.15, 0.2) is 51.8 Å². The predicted octanol–water partition coefficient (Wildman–Crippen LogP) is 3.09. The minimum Gasteiger partial charge on any atom is -0.399 e. The third-order valence-corrected chi connectivity index (χ3v) is 4.71. The van der Waals surface area contributed by atoms with Gasteiger partial charge in [-0.1, -0.05) is 15.9 Å². The Morgan fingerprint density at radius 3 is 2.52 bits per heavy atom. The third kappa shape index (κ3) is 4.41. The lowest BCUT2D eigenvalue weighted by Gasteiger charge is -2.09. The molecule has 0 aromatic heterocycles. The number of carbonyl (C=O) groups is 1. The Hall–Kier alpha value is -1.66. The first-order valence-electron chi connectivity index (χ1n) is 6.25. The van der Waals surface area contributed by atoms with Crippen LogP contribution in [0.1, 0.15) is 5.56 Å². The summed E-state index contributed by atoms with van der Waals surface area (Å²) in [7, 11) is -1.36. The highest BCUT2D eigenvalue weighted by molar-refractivity contribution is 9.10. The number of hydrogen-bond acceptors (Lipinski definition) is 3. The normalized spacial score (nSPS) is 11.9. The van der Waals surface area contributed by atoms with Crippen LogP contribution in [-0.2, 0) is 15.6 Å². The van der Waals surface area contributed by atoms with Crippen molar-refractivity contribution in [2.75, 3.05) is 16.8 Å². The van der Waals surface area contributed by atoms with Gasteiger partial charge in [-0.3, -0.25) is 9.00 Å². The summed E-state index contributed by atoms with van der Waals surface area (Å²) in [6.07, 6.45) is 0. The number of nitrogens with one attached hydrogen (secondary N) is 1. The van der Waals surface area contributed by atoms with Crippen molar-refractivity contribution < 1.29 is 9.00 Å². The highest BCUT2D eigenvalue weighted by Gasteiger charge is 2.11. The maximum atomic E-state index is 12.1. The lowest BCUT2D eigenvalue weighted by molar-refractivity contribution is -0.113. The van der Waals surface area contributed by atoms with Crippen LogP contribution < -0.4 is 11.1 Å². The van der Waals surface area contributed by atoms with Crippen LogP contribution in [0.2, 0.25) is 0 Å². The maximum absolute atomic E-state index is 12.1. The van der Waals surface area contributed by atoms with Gasteiger partial charge in [0.2, 0.25) is 5.91 Å². The molecule has 4 nitrogen and oxygen atoms in total. The number of rotatable bonds is 4. The summed E-state index contributed by atoms with van der Waals surface area (Å²) in [5, 5.41) is 2.75. The number of halogens is 1. The van der Waals surface area contributed by atoms with Crippen LogP contribution in [-0.4, -0.2) is 15.9 Å². The Morgan fingerprint density at radius 2 is 1.90 bits per heavy atom. The number of aryl methyl sites for hydroxylation is 1. The van der Waals surface area contributed by atoms with E-state index in [-0.39, 0.29) is 11.7 Å². The highest BCUT2D eigenvalue weighted by Crippen LogP contribution is 2.18. The third-order valence-electron chi connectivity index (χ3n) is 2.86. The minimum absolute atomic E-state index is 0.0779. The number of anilines is 2. The molecule has 0 heterocycles. The van der Waals surface area contributed by atoms with E-state index in [9.17, 15) is 9.00 Å². The molecule has 0 aliphatic carbocycles. The molecular formula is C15H15BrN2O2S. The summed E-state index contributed by atoms with van der Waals surface area (Å²) >= 11 is 3.31. The van der Waals surface area contributed by atoms with Crippen LogP contribution in [0.3, 0.4) is 0 Å². The molecule has 1 atom stereocenters. The van der Waals surface area contributed by atoms with Gasteiger partial charge in [-0.2, -0.15) is 0 Å². The maximum Gasteiger partial charge on any atom is 0.237 e. The fraction of sp³-hybridized carbons (Fsp3) is 0.133. The molecule has 6 heteroatoms. The van der Waals surface area contributed by atoms with Crippen LogP contribution >= 0.6 is 15.9 Å². The van der Waals surface area contributed by atoms with Crippen LogP contribution in [0, 0.1) is 6.92 Å². The smallest absolute Gasteiger partial charge is 0.237 e. The van der Waals surface area contributed by atoms with Gasteiger partial charge in [-0.15, -0.1) is 0 Å². The van der Waals surface area contributed by atoms with Crippen molar-refractivity contribution in [3.8, 4) is 0 Å². The minimum atomic E-state index is -1.36. The standard InChI is InChI=1S/C15H15BrN2O2S/c1-10-8-12(17)4-7-14(10)18-15(19)9-21(20)13-5-2-11(16)3-6-13/h2-8H,9,17H2,1H3,(H,18,19). The second kappa shape index (κ2) is 6.87. The summed E-state index contributed by atoms with van der Waals surface area (Å²) < 4.78 is 13.0. The number of benzene rings is 2. The topological polar surface area (TPSA) is 72.2 Å². The summed E-state index contributed by atoms with van der Waals surface area (Å²) in [5.41, 5.74) is 7.86. The zero-order chi connectivity index (χ0) is 15.4. The number of amides is 1. The molecule has 2 rings (SSSR count). The molecule has 2 aromatic carbocycles. The average molecular weight is 367 g/mol. The van der Waals surface area contributed by atoms with Gasteiger partial charge in [0.25, 0.3) is 0 Å². The number of carbonyl (C=O) groups excluding carboxylic acids is 1. The van der Waals surface area contributed by atoms with Crippen LogP contribution in [0.25, 0.3) is 0 Å². The number of nitrogen functional groups attached to an aromatic ring is 1. The molecule has 0 bridgehead atoms. The zero-order valence-electron chi connectivity index (χ0n) is 11.4. The predicted molar refractivity (Wildman–Crippen MR) is 89.6 cm³/mol. The Balaban J connectivity index is 2.01. The van der Waals surface area contributed by atoms with Crippen molar-refractivity contribution in [1.29, 1.82) is 0 Å². The molecule has 1 unspecified atom stereocenters. The van der Waals surface area contributed by atoms with Gasteiger partial charge >= 0.3 is 0 Å². The first-order valence-corrected chi connectivity index (χ1v) is 8.37. The Morgan fingerprint density at radius 1 is 1.24 bits per heavy atom. The van der Waals surface area contributed by atoms with Gasteiger partial charge in [-0.05, 0) is 55.0 Å². The number of nitrogens with two attached hydrogens (primary N) is 1. The largest absolute Gasteiger partial charge is 0.399 e. The van der Waals surface area contributed by atoms with E-state index < -0.39 is 10.8 Å². The van der Waals surface area contributed by atoms with Gasteiger partial charge in [0, 0.05) is 20.7 Å². The summed E-state index contributed by atoms with van der Waals surface area (Å²) in [6, 6.07) is 12.3. The van der Waals surface area contributed by atoms with Crippen molar-refractivity contribution in [2.24, 2.45) is 0 Å². The zero-order valence-corrected chi connectivity index (χ0v) is 13.8.